The molecule has 0 aliphatic rings. The Hall–Kier alpha value is -5.51. The van der Waals surface area contributed by atoms with E-state index in [0.717, 1.165) is 5.56 Å². The number of amidine groups is 1. The van der Waals surface area contributed by atoms with Gasteiger partial charge >= 0.3 is 5.97 Å². The van der Waals surface area contributed by atoms with Gasteiger partial charge in [0, 0.05) is 34.5 Å². The van der Waals surface area contributed by atoms with Gasteiger partial charge in [0.25, 0.3) is 11.8 Å². The van der Waals surface area contributed by atoms with Crippen molar-refractivity contribution in [3.8, 4) is 17.0 Å². The lowest BCUT2D eigenvalue weighted by molar-refractivity contribution is 0.0473. The Morgan fingerprint density at radius 1 is 0.889 bits per heavy atom. The first kappa shape index (κ1) is 32.4. The summed E-state index contributed by atoms with van der Waals surface area (Å²) in [7, 11) is 1.43. The summed E-state index contributed by atoms with van der Waals surface area (Å²) in [4.78, 5) is 44.9. The van der Waals surface area contributed by atoms with Gasteiger partial charge in [0.15, 0.2) is 0 Å². The first-order valence-electron chi connectivity index (χ1n) is 14.3. The number of aromatic nitrogens is 1. The normalized spacial score (nSPS) is 11.7. The van der Waals surface area contributed by atoms with Gasteiger partial charge in [-0.15, -0.1) is 0 Å². The average molecular weight is 608 g/mol. The van der Waals surface area contributed by atoms with E-state index in [4.69, 9.17) is 20.6 Å². The van der Waals surface area contributed by atoms with Gasteiger partial charge in [0.05, 0.1) is 12.7 Å². The second kappa shape index (κ2) is 13.9. The van der Waals surface area contributed by atoms with E-state index < -0.39 is 11.9 Å². The van der Waals surface area contributed by atoms with E-state index >= 15 is 0 Å². The molecular formula is C35H37N5O5. The minimum Gasteiger partial charge on any atom is -0.481 e. The highest BCUT2D eigenvalue weighted by Crippen LogP contribution is 2.31. The first-order chi connectivity index (χ1) is 21.4. The highest BCUT2D eigenvalue weighted by molar-refractivity contribution is 6.10. The third kappa shape index (κ3) is 8.11. The van der Waals surface area contributed by atoms with E-state index in [1.165, 1.54) is 13.2 Å². The number of carbonyl (C=O) groups is 3. The van der Waals surface area contributed by atoms with Crippen LogP contribution in [-0.4, -0.2) is 41.8 Å². The number of nitrogens with two attached hydrogens (primary N) is 1. The number of benzene rings is 3. The summed E-state index contributed by atoms with van der Waals surface area (Å²) in [6.45, 7) is 8.00. The molecular weight excluding hydrogens is 570 g/mol. The SMILES string of the molecule is COc1ccc(-c2ccc(C(=O)NC(C)C(C)(C)C)cc2C(=O)OCc2ccccc2)c(C(=O)Nc2ccc(C(=N)N)cc2)n1. The summed E-state index contributed by atoms with van der Waals surface area (Å²) < 4.78 is 11.0. The second-order valence-corrected chi connectivity index (χ2v) is 11.6. The first-order valence-corrected chi connectivity index (χ1v) is 14.3. The molecule has 5 N–H and O–H groups in total. The minimum absolute atomic E-state index is 0.0133. The van der Waals surface area contributed by atoms with Crippen molar-refractivity contribution < 1.29 is 23.9 Å². The van der Waals surface area contributed by atoms with Crippen molar-refractivity contribution in [3.63, 3.8) is 0 Å². The number of anilines is 1. The molecule has 10 heteroatoms. The number of nitrogen functional groups attached to an aromatic ring is 1. The van der Waals surface area contributed by atoms with Gasteiger partial charge in [-0.1, -0.05) is 57.2 Å². The van der Waals surface area contributed by atoms with Crippen molar-refractivity contribution in [1.82, 2.24) is 10.3 Å². The zero-order valence-corrected chi connectivity index (χ0v) is 25.9. The van der Waals surface area contributed by atoms with E-state index in [1.54, 1.807) is 48.5 Å². The van der Waals surface area contributed by atoms with Crippen LogP contribution in [0, 0.1) is 10.8 Å². The van der Waals surface area contributed by atoms with Crippen molar-refractivity contribution in [1.29, 1.82) is 5.41 Å². The third-order valence-electron chi connectivity index (χ3n) is 7.40. The van der Waals surface area contributed by atoms with Crippen molar-refractivity contribution in [2.75, 3.05) is 12.4 Å². The number of pyridine rings is 1. The molecule has 0 radical (unpaired) electrons. The number of ether oxygens (including phenoxy) is 2. The Morgan fingerprint density at radius 3 is 2.16 bits per heavy atom. The van der Waals surface area contributed by atoms with Crippen LogP contribution in [0.1, 0.15) is 70.0 Å². The predicted molar refractivity (Wildman–Crippen MR) is 174 cm³/mol. The van der Waals surface area contributed by atoms with E-state index in [-0.39, 0.29) is 52.5 Å². The minimum atomic E-state index is -0.672. The lowest BCUT2D eigenvalue weighted by Crippen LogP contribution is -2.41. The van der Waals surface area contributed by atoms with E-state index in [0.29, 0.717) is 22.4 Å². The molecule has 1 atom stereocenters. The average Bonchev–Trinajstić information content (AvgIpc) is 3.03. The molecule has 0 bridgehead atoms. The van der Waals surface area contributed by atoms with Gasteiger partial charge in [-0.3, -0.25) is 15.0 Å². The molecule has 10 nitrogen and oxygen atoms in total. The maximum Gasteiger partial charge on any atom is 0.339 e. The Balaban J connectivity index is 1.76. The number of hydrogen-bond acceptors (Lipinski definition) is 7. The highest BCUT2D eigenvalue weighted by Gasteiger charge is 2.26. The maximum atomic E-state index is 13.6. The second-order valence-electron chi connectivity index (χ2n) is 11.6. The molecule has 4 aromatic rings. The number of nitrogens with zero attached hydrogens (tertiary/aromatic N) is 1. The number of carbonyl (C=O) groups excluding carboxylic acids is 3. The Bertz CT molecular complexity index is 1710. The topological polar surface area (TPSA) is 156 Å². The Labute approximate surface area is 262 Å². The fraction of sp³-hybridized carbons (Fsp3) is 0.229. The summed E-state index contributed by atoms with van der Waals surface area (Å²) in [6, 6.07) is 23.4. The standard InChI is InChI=1S/C35H37N5O5/c1-21(35(2,3)4)38-32(41)24-13-16-26(28(19-24)34(43)45-20-22-9-7-6-8-10-22)27-17-18-29(44-5)40-30(27)33(42)39-25-14-11-23(12-15-25)31(36)37/h6-19,21H,20H2,1-5H3,(H3,36,37)(H,38,41)(H,39,42). The molecule has 0 spiro atoms. The monoisotopic (exact) mass is 607 g/mol. The molecule has 45 heavy (non-hydrogen) atoms. The summed E-state index contributed by atoms with van der Waals surface area (Å²) in [5, 5.41) is 13.4. The number of esters is 1. The van der Waals surface area contributed by atoms with Crippen molar-refractivity contribution in [2.45, 2.75) is 40.3 Å². The number of amides is 2. The summed E-state index contributed by atoms with van der Waals surface area (Å²) >= 11 is 0. The number of methoxy groups -OCH3 is 1. The molecule has 2 amide bonds. The van der Waals surface area contributed by atoms with Crippen LogP contribution in [0.5, 0.6) is 5.88 Å². The number of hydrogen-bond donors (Lipinski definition) is 4. The van der Waals surface area contributed by atoms with Crippen LogP contribution in [0.3, 0.4) is 0 Å². The molecule has 1 heterocycles. The molecule has 0 fully saturated rings. The van der Waals surface area contributed by atoms with Crippen LogP contribution in [-0.2, 0) is 11.3 Å². The van der Waals surface area contributed by atoms with Gasteiger partial charge in [-0.2, -0.15) is 0 Å². The Kier molecular flexibility index (Phi) is 9.98. The van der Waals surface area contributed by atoms with Crippen molar-refractivity contribution >= 4 is 29.3 Å². The molecule has 3 aromatic carbocycles. The molecule has 4 rings (SSSR count). The molecule has 0 saturated carbocycles. The zero-order chi connectivity index (χ0) is 32.7. The van der Waals surface area contributed by atoms with Crippen LogP contribution in [0.15, 0.2) is 84.9 Å². The zero-order valence-electron chi connectivity index (χ0n) is 25.9. The number of nitrogens with one attached hydrogen (secondary N) is 3. The lowest BCUT2D eigenvalue weighted by Gasteiger charge is -2.28. The van der Waals surface area contributed by atoms with Crippen LogP contribution in [0.25, 0.3) is 11.1 Å². The third-order valence-corrected chi connectivity index (χ3v) is 7.40. The fourth-order valence-corrected chi connectivity index (χ4v) is 4.26. The van der Waals surface area contributed by atoms with E-state index in [2.05, 4.69) is 15.6 Å². The lowest BCUT2D eigenvalue weighted by atomic mass is 9.88. The van der Waals surface area contributed by atoms with E-state index in [9.17, 15) is 14.4 Å². The number of rotatable bonds is 10. The summed E-state index contributed by atoms with van der Waals surface area (Å²) in [5.41, 5.74) is 8.13. The van der Waals surface area contributed by atoms with Gasteiger partial charge < -0.3 is 25.8 Å². The molecule has 1 aromatic heterocycles. The smallest absolute Gasteiger partial charge is 0.339 e. The molecule has 1 unspecified atom stereocenters. The largest absolute Gasteiger partial charge is 0.481 e. The van der Waals surface area contributed by atoms with Crippen LogP contribution >= 0.6 is 0 Å². The van der Waals surface area contributed by atoms with Gasteiger partial charge in [-0.05, 0) is 65.9 Å². The van der Waals surface area contributed by atoms with Gasteiger partial charge in [0.2, 0.25) is 5.88 Å². The van der Waals surface area contributed by atoms with Crippen molar-refractivity contribution in [2.24, 2.45) is 11.1 Å². The summed E-state index contributed by atoms with van der Waals surface area (Å²) in [5.74, 6) is -1.49. The molecule has 0 aliphatic heterocycles. The van der Waals surface area contributed by atoms with E-state index in [1.807, 2.05) is 58.0 Å². The molecule has 232 valence electrons. The fourth-order valence-electron chi connectivity index (χ4n) is 4.26. The predicted octanol–water partition coefficient (Wildman–Crippen LogP) is 5.81. The maximum absolute atomic E-state index is 13.6. The highest BCUT2D eigenvalue weighted by atomic mass is 16.5. The van der Waals surface area contributed by atoms with Crippen LogP contribution in [0.4, 0.5) is 5.69 Å². The molecule has 0 aliphatic carbocycles. The van der Waals surface area contributed by atoms with Crippen molar-refractivity contribution in [3.05, 3.63) is 113 Å². The quantitative estimate of drug-likeness (QED) is 0.101. The van der Waals surface area contributed by atoms with Crippen LogP contribution in [0.2, 0.25) is 0 Å². The molecule has 0 saturated heterocycles. The van der Waals surface area contributed by atoms with Gasteiger partial charge in [-0.25, -0.2) is 9.78 Å². The summed E-state index contributed by atoms with van der Waals surface area (Å²) in [6.07, 6.45) is 0. The Morgan fingerprint density at radius 2 is 1.53 bits per heavy atom. The van der Waals surface area contributed by atoms with Gasteiger partial charge in [0.1, 0.15) is 18.1 Å². The van der Waals surface area contributed by atoms with Crippen LogP contribution < -0.4 is 21.1 Å².